The number of nitrogens with one attached hydrogen (secondary N) is 2. The predicted molar refractivity (Wildman–Crippen MR) is 141 cm³/mol. The van der Waals surface area contributed by atoms with Crippen molar-refractivity contribution < 1.29 is 19.0 Å². The summed E-state index contributed by atoms with van der Waals surface area (Å²) in [6.45, 7) is 3.00. The van der Waals surface area contributed by atoms with Crippen LogP contribution in [0.4, 0.5) is 15.9 Å². The number of fused-ring (bicyclic) bond motifs is 1. The Morgan fingerprint density at radius 3 is 2.90 bits per heavy atom. The zero-order valence-corrected chi connectivity index (χ0v) is 21.8. The lowest BCUT2D eigenvalue weighted by molar-refractivity contribution is -0.150. The highest BCUT2D eigenvalue weighted by atomic mass is 35.5. The van der Waals surface area contributed by atoms with Crippen molar-refractivity contribution >= 4 is 40.8 Å². The molecule has 1 fully saturated rings. The van der Waals surface area contributed by atoms with Crippen LogP contribution in [0.5, 0.6) is 5.88 Å². The molecular weight excluding hydrogens is 531 g/mol. The van der Waals surface area contributed by atoms with E-state index >= 15 is 0 Å². The summed E-state index contributed by atoms with van der Waals surface area (Å²) in [5.41, 5.74) is 6.09. The summed E-state index contributed by atoms with van der Waals surface area (Å²) in [4.78, 5) is 36.3. The largest absolute Gasteiger partial charge is 0.493 e. The van der Waals surface area contributed by atoms with Crippen molar-refractivity contribution in [1.82, 2.24) is 24.1 Å². The average molecular weight is 557 g/mol. The second-order valence-electron chi connectivity index (χ2n) is 9.55. The van der Waals surface area contributed by atoms with Crippen molar-refractivity contribution in [2.45, 2.75) is 45.5 Å². The van der Waals surface area contributed by atoms with Crippen molar-refractivity contribution in [3.05, 3.63) is 68.2 Å². The summed E-state index contributed by atoms with van der Waals surface area (Å²) in [6, 6.07) is 5.06. The molecule has 1 saturated carbocycles. The molecule has 0 radical (unpaired) electrons. The Kier molecular flexibility index (Phi) is 7.10. The minimum Gasteiger partial charge on any atom is -0.493 e. The van der Waals surface area contributed by atoms with Crippen LogP contribution < -0.4 is 27.4 Å². The number of anilines is 2. The van der Waals surface area contributed by atoms with Crippen LogP contribution in [0.3, 0.4) is 0 Å². The number of hydrogen-bond donors (Lipinski definition) is 4. The van der Waals surface area contributed by atoms with Gasteiger partial charge in [0.2, 0.25) is 5.88 Å². The second kappa shape index (κ2) is 10.5. The highest BCUT2D eigenvalue weighted by Gasteiger charge is 2.22. The van der Waals surface area contributed by atoms with Crippen LogP contribution in [0, 0.1) is 11.7 Å². The number of nitrogens with zero attached hydrogens (tertiary/aromatic N) is 5. The number of nitrogens with two attached hydrogens (primary N) is 1. The topological polar surface area (TPSA) is 165 Å². The quantitative estimate of drug-likeness (QED) is 0.237. The molecule has 1 aromatic carbocycles. The van der Waals surface area contributed by atoms with Crippen molar-refractivity contribution in [3.8, 4) is 5.88 Å². The number of rotatable bonds is 8. The molecule has 39 heavy (non-hydrogen) atoms. The lowest BCUT2D eigenvalue weighted by Crippen LogP contribution is -2.37. The Balaban J connectivity index is 1.53. The summed E-state index contributed by atoms with van der Waals surface area (Å²) >= 11 is 6.03. The molecule has 0 spiro atoms. The van der Waals surface area contributed by atoms with Crippen LogP contribution in [0.1, 0.15) is 32.4 Å². The summed E-state index contributed by atoms with van der Waals surface area (Å²) in [5, 5.41) is 18.8. The maximum Gasteiger partial charge on any atom is 0.331 e. The summed E-state index contributed by atoms with van der Waals surface area (Å²) in [5.74, 6) is -1.53. The summed E-state index contributed by atoms with van der Waals surface area (Å²) < 4.78 is 21.9. The van der Waals surface area contributed by atoms with Gasteiger partial charge in [-0.2, -0.15) is 9.61 Å². The van der Waals surface area contributed by atoms with Crippen molar-refractivity contribution in [2.75, 3.05) is 5.32 Å². The Morgan fingerprint density at radius 2 is 2.18 bits per heavy atom. The normalized spacial score (nSPS) is 15.3. The smallest absolute Gasteiger partial charge is 0.331 e. The molecule has 1 atom stereocenters. The minimum absolute atomic E-state index is 0.0424. The Labute approximate surface area is 225 Å². The Bertz CT molecular complexity index is 1740. The fourth-order valence-corrected chi connectivity index (χ4v) is 3.87. The molecule has 1 aliphatic rings. The first kappa shape index (κ1) is 26.4. The fourth-order valence-electron chi connectivity index (χ4n) is 3.70. The first-order chi connectivity index (χ1) is 18.6. The van der Waals surface area contributed by atoms with Gasteiger partial charge in [0.1, 0.15) is 23.4 Å². The van der Waals surface area contributed by atoms with Crippen molar-refractivity contribution in [2.24, 2.45) is 16.6 Å². The van der Waals surface area contributed by atoms with Gasteiger partial charge in [-0.3, -0.25) is 9.79 Å². The van der Waals surface area contributed by atoms with E-state index in [9.17, 15) is 19.1 Å². The third-order valence-electron chi connectivity index (χ3n) is 6.14. The lowest BCUT2D eigenvalue weighted by Gasteiger charge is -2.14. The van der Waals surface area contributed by atoms with Gasteiger partial charge >= 0.3 is 11.7 Å². The van der Waals surface area contributed by atoms with Gasteiger partial charge in [-0.25, -0.2) is 18.7 Å². The number of H-pyrrole nitrogens is 1. The number of aromatic amines is 1. The maximum absolute atomic E-state index is 14.4. The van der Waals surface area contributed by atoms with Gasteiger partial charge in [0.05, 0.1) is 17.9 Å². The monoisotopic (exact) mass is 556 g/mol. The minimum atomic E-state index is -0.865. The van der Waals surface area contributed by atoms with Gasteiger partial charge in [0, 0.05) is 16.3 Å². The molecule has 5 rings (SSSR count). The van der Waals surface area contributed by atoms with Gasteiger partial charge in [-0.05, 0) is 43.0 Å². The number of halogens is 2. The SMILES string of the molecule is CC(C)C(N)C(=O)OCn1c(O)c(/C=c2\cnn3c(=NC4CC4)cc(Nc4cc(Cl)ccc4F)nc23)[nH]c1=O. The van der Waals surface area contributed by atoms with Crippen molar-refractivity contribution in [1.29, 1.82) is 0 Å². The molecule has 1 unspecified atom stereocenters. The zero-order chi connectivity index (χ0) is 27.8. The van der Waals surface area contributed by atoms with E-state index in [1.165, 1.54) is 35.0 Å². The lowest BCUT2D eigenvalue weighted by atomic mass is 10.1. The molecule has 4 aromatic rings. The molecule has 204 valence electrons. The van der Waals surface area contributed by atoms with E-state index in [1.807, 2.05) is 0 Å². The summed E-state index contributed by atoms with van der Waals surface area (Å²) in [7, 11) is 0. The second-order valence-corrected chi connectivity index (χ2v) is 9.98. The summed E-state index contributed by atoms with van der Waals surface area (Å²) in [6.07, 6.45) is 4.86. The van der Waals surface area contributed by atoms with E-state index < -0.39 is 36.1 Å². The molecule has 0 saturated heterocycles. The van der Waals surface area contributed by atoms with Gasteiger partial charge in [-0.1, -0.05) is 25.4 Å². The molecule has 12 nitrogen and oxygen atoms in total. The number of aromatic hydroxyl groups is 1. The standard InChI is InChI=1S/C25H26ClFN8O4/c1-12(2)21(28)24(37)39-11-34-23(36)18(32-25(34)38)7-13-10-29-35-20(30-15-4-5-15)9-19(33-22(13)35)31-17-8-14(26)3-6-16(17)27/h3,6-10,12,15,21,31,36H,4-5,11,28H2,1-2H3,(H,32,38)/b13-7+,30-20?. The molecule has 3 aromatic heterocycles. The highest BCUT2D eigenvalue weighted by molar-refractivity contribution is 6.30. The number of esters is 1. The van der Waals surface area contributed by atoms with E-state index in [-0.39, 0.29) is 23.3 Å². The van der Waals surface area contributed by atoms with Crippen molar-refractivity contribution in [3.63, 3.8) is 0 Å². The first-order valence-corrected chi connectivity index (χ1v) is 12.6. The van der Waals surface area contributed by atoms with Crippen LogP contribution in [-0.2, 0) is 16.3 Å². The number of hydrogen-bond acceptors (Lipinski definition) is 9. The predicted octanol–water partition coefficient (Wildman–Crippen LogP) is 1.56. The Hall–Kier alpha value is -4.23. The first-order valence-electron chi connectivity index (χ1n) is 12.2. The van der Waals surface area contributed by atoms with E-state index in [1.54, 1.807) is 19.9 Å². The number of imidazole rings is 1. The maximum atomic E-state index is 14.4. The van der Waals surface area contributed by atoms with Crippen LogP contribution >= 0.6 is 11.6 Å². The zero-order valence-electron chi connectivity index (χ0n) is 21.1. The van der Waals surface area contributed by atoms with Crippen LogP contribution in [0.2, 0.25) is 5.02 Å². The van der Waals surface area contributed by atoms with Gasteiger partial charge < -0.3 is 25.9 Å². The number of ether oxygens (including phenoxy) is 1. The van der Waals surface area contributed by atoms with E-state index in [0.717, 1.165) is 17.4 Å². The van der Waals surface area contributed by atoms with Crippen LogP contribution in [0.25, 0.3) is 11.7 Å². The van der Waals surface area contributed by atoms with Crippen LogP contribution in [-0.4, -0.2) is 47.3 Å². The molecule has 3 heterocycles. The average Bonchev–Trinajstić information content (AvgIpc) is 3.56. The molecule has 14 heteroatoms. The molecule has 5 N–H and O–H groups in total. The molecular formula is C25H26ClFN8O4. The number of benzene rings is 1. The third-order valence-corrected chi connectivity index (χ3v) is 6.38. The van der Waals surface area contributed by atoms with Gasteiger partial charge in [0.15, 0.2) is 17.9 Å². The molecule has 0 bridgehead atoms. The number of carbonyl (C=O) groups excluding carboxylic acids is 1. The number of carbonyl (C=O) groups is 1. The van der Waals surface area contributed by atoms with E-state index in [2.05, 4.69) is 25.4 Å². The highest BCUT2D eigenvalue weighted by Crippen LogP contribution is 2.24. The number of aromatic nitrogens is 5. The molecule has 0 amide bonds. The van der Waals surface area contributed by atoms with E-state index in [4.69, 9.17) is 22.1 Å². The molecule has 1 aliphatic carbocycles. The Morgan fingerprint density at radius 1 is 1.41 bits per heavy atom. The van der Waals surface area contributed by atoms with Gasteiger partial charge in [0.25, 0.3) is 0 Å². The third kappa shape index (κ3) is 5.64. The van der Waals surface area contributed by atoms with E-state index in [0.29, 0.717) is 27.2 Å². The fraction of sp³-hybridized carbons (Fsp3) is 0.320. The van der Waals surface area contributed by atoms with Gasteiger partial charge in [-0.15, -0.1) is 0 Å². The molecule has 0 aliphatic heterocycles. The van der Waals surface area contributed by atoms with Crippen LogP contribution in [0.15, 0.2) is 40.2 Å².